The fourth-order valence-electron chi connectivity index (χ4n) is 3.12. The van der Waals surface area contributed by atoms with Crippen molar-refractivity contribution in [3.8, 4) is 0 Å². The lowest BCUT2D eigenvalue weighted by atomic mass is 10.2. The van der Waals surface area contributed by atoms with E-state index in [9.17, 15) is 9.59 Å². The molecule has 0 aliphatic heterocycles. The first kappa shape index (κ1) is 19.7. The third-order valence-electron chi connectivity index (χ3n) is 4.90. The molecule has 0 radical (unpaired) electrons. The van der Waals surface area contributed by atoms with Crippen LogP contribution < -0.4 is 0 Å². The van der Waals surface area contributed by atoms with Crippen LogP contribution in [0.2, 0.25) is 0 Å². The van der Waals surface area contributed by atoms with E-state index in [2.05, 4.69) is 6.58 Å². The van der Waals surface area contributed by atoms with Crippen molar-refractivity contribution in [2.75, 3.05) is 13.1 Å². The van der Waals surface area contributed by atoms with Crippen LogP contribution in [0, 0.1) is 0 Å². The molecular formula is C23H27N3O2. The van der Waals surface area contributed by atoms with E-state index in [0.717, 1.165) is 24.1 Å². The van der Waals surface area contributed by atoms with Gasteiger partial charge in [0.05, 0.1) is 6.54 Å². The number of carbonyl (C=O) groups excluding carboxylic acids is 2. The maximum absolute atomic E-state index is 13.0. The standard InChI is InChI=1S/C23H27N3O2/c1-3-15-25(22(27)14-11-19-8-5-4-6-9-19)18-23(28)26(20-12-13-20)17-21-10-7-16-24(21)2/h3-11,14,16,20H,1,12-13,15,17-18H2,2H3/b14-11+. The highest BCUT2D eigenvalue weighted by Crippen LogP contribution is 2.28. The molecule has 146 valence electrons. The molecule has 0 spiro atoms. The summed E-state index contributed by atoms with van der Waals surface area (Å²) >= 11 is 0. The van der Waals surface area contributed by atoms with Gasteiger partial charge in [-0.05, 0) is 36.6 Å². The summed E-state index contributed by atoms with van der Waals surface area (Å²) < 4.78 is 2.03. The highest BCUT2D eigenvalue weighted by atomic mass is 16.2. The first-order valence-corrected chi connectivity index (χ1v) is 9.61. The monoisotopic (exact) mass is 377 g/mol. The van der Waals surface area contributed by atoms with Crippen molar-refractivity contribution in [2.45, 2.75) is 25.4 Å². The van der Waals surface area contributed by atoms with Gasteiger partial charge >= 0.3 is 0 Å². The van der Waals surface area contributed by atoms with E-state index in [0.29, 0.717) is 13.1 Å². The van der Waals surface area contributed by atoms with Crippen LogP contribution in [0.25, 0.3) is 6.08 Å². The number of amides is 2. The summed E-state index contributed by atoms with van der Waals surface area (Å²) in [6.07, 6.45) is 8.97. The second kappa shape index (κ2) is 9.22. The first-order valence-electron chi connectivity index (χ1n) is 9.61. The molecule has 28 heavy (non-hydrogen) atoms. The van der Waals surface area contributed by atoms with Crippen LogP contribution in [0.5, 0.6) is 0 Å². The largest absolute Gasteiger partial charge is 0.353 e. The van der Waals surface area contributed by atoms with Crippen LogP contribution in [-0.2, 0) is 23.2 Å². The van der Waals surface area contributed by atoms with E-state index in [1.54, 1.807) is 12.2 Å². The molecule has 5 heteroatoms. The smallest absolute Gasteiger partial charge is 0.247 e. The number of hydrogen-bond acceptors (Lipinski definition) is 2. The second-order valence-electron chi connectivity index (χ2n) is 7.11. The predicted octanol–water partition coefficient (Wildman–Crippen LogP) is 3.24. The summed E-state index contributed by atoms with van der Waals surface area (Å²) in [5.74, 6) is -0.210. The van der Waals surface area contributed by atoms with Gasteiger partial charge in [0, 0.05) is 37.6 Å². The molecule has 0 N–H and O–H groups in total. The molecule has 1 aromatic carbocycles. The Balaban J connectivity index is 1.66. The van der Waals surface area contributed by atoms with Crippen molar-refractivity contribution in [3.63, 3.8) is 0 Å². The molecule has 1 aliphatic carbocycles. The molecule has 1 heterocycles. The van der Waals surface area contributed by atoms with Crippen molar-refractivity contribution in [1.29, 1.82) is 0 Å². The Kier molecular flexibility index (Phi) is 6.48. The first-order chi connectivity index (χ1) is 13.6. The van der Waals surface area contributed by atoms with E-state index >= 15 is 0 Å². The fraction of sp³-hybridized carbons (Fsp3) is 0.304. The number of benzene rings is 1. The molecular weight excluding hydrogens is 350 g/mol. The SMILES string of the molecule is C=CCN(CC(=O)N(Cc1cccn1C)C1CC1)C(=O)/C=C/c1ccccc1. The van der Waals surface area contributed by atoms with E-state index in [-0.39, 0.29) is 24.4 Å². The summed E-state index contributed by atoms with van der Waals surface area (Å²) in [5, 5.41) is 0. The third-order valence-corrected chi connectivity index (χ3v) is 4.90. The third kappa shape index (κ3) is 5.22. The lowest BCUT2D eigenvalue weighted by Gasteiger charge is -2.27. The highest BCUT2D eigenvalue weighted by Gasteiger charge is 2.33. The lowest BCUT2D eigenvalue weighted by molar-refractivity contribution is -0.138. The van der Waals surface area contributed by atoms with E-state index < -0.39 is 0 Å². The average Bonchev–Trinajstić information content (AvgIpc) is 3.46. The number of carbonyl (C=O) groups is 2. The molecule has 1 fully saturated rings. The zero-order valence-electron chi connectivity index (χ0n) is 16.3. The minimum Gasteiger partial charge on any atom is -0.353 e. The topological polar surface area (TPSA) is 45.6 Å². The Labute approximate surface area is 166 Å². The maximum atomic E-state index is 13.0. The van der Waals surface area contributed by atoms with Crippen molar-refractivity contribution >= 4 is 17.9 Å². The average molecular weight is 377 g/mol. The minimum atomic E-state index is -0.188. The van der Waals surface area contributed by atoms with Gasteiger partial charge < -0.3 is 14.4 Å². The van der Waals surface area contributed by atoms with Gasteiger partial charge in [0.2, 0.25) is 11.8 Å². The van der Waals surface area contributed by atoms with Gasteiger partial charge in [-0.1, -0.05) is 36.4 Å². The fourth-order valence-corrected chi connectivity index (χ4v) is 3.12. The van der Waals surface area contributed by atoms with Crippen LogP contribution >= 0.6 is 0 Å². The Morgan fingerprint density at radius 2 is 1.93 bits per heavy atom. The molecule has 1 saturated carbocycles. The van der Waals surface area contributed by atoms with Crippen LogP contribution in [0.3, 0.4) is 0 Å². The zero-order valence-corrected chi connectivity index (χ0v) is 16.3. The van der Waals surface area contributed by atoms with Crippen LogP contribution in [-0.4, -0.2) is 45.3 Å². The van der Waals surface area contributed by atoms with Gasteiger partial charge in [-0.15, -0.1) is 6.58 Å². The Bertz CT molecular complexity index is 850. The van der Waals surface area contributed by atoms with Crippen molar-refractivity contribution in [1.82, 2.24) is 14.4 Å². The minimum absolute atomic E-state index is 0.0213. The Hall–Kier alpha value is -3.08. The normalized spacial score (nSPS) is 13.5. The van der Waals surface area contributed by atoms with E-state index in [1.807, 2.05) is 65.2 Å². The number of hydrogen-bond donors (Lipinski definition) is 0. The quantitative estimate of drug-likeness (QED) is 0.497. The number of nitrogens with zero attached hydrogens (tertiary/aromatic N) is 3. The molecule has 5 nitrogen and oxygen atoms in total. The maximum Gasteiger partial charge on any atom is 0.247 e. The number of rotatable bonds is 9. The van der Waals surface area contributed by atoms with Crippen molar-refractivity contribution in [3.05, 3.63) is 78.6 Å². The van der Waals surface area contributed by atoms with Crippen molar-refractivity contribution < 1.29 is 9.59 Å². The second-order valence-corrected chi connectivity index (χ2v) is 7.11. The van der Waals surface area contributed by atoms with Gasteiger partial charge in [-0.2, -0.15) is 0 Å². The van der Waals surface area contributed by atoms with Crippen molar-refractivity contribution in [2.24, 2.45) is 7.05 Å². The van der Waals surface area contributed by atoms with E-state index in [4.69, 9.17) is 0 Å². The number of aryl methyl sites for hydroxylation is 1. The van der Waals surface area contributed by atoms with Crippen LogP contribution in [0.4, 0.5) is 0 Å². The van der Waals surface area contributed by atoms with Crippen LogP contribution in [0.15, 0.2) is 67.4 Å². The predicted molar refractivity (Wildman–Crippen MR) is 111 cm³/mol. The van der Waals surface area contributed by atoms with Gasteiger partial charge in [-0.3, -0.25) is 9.59 Å². The molecule has 0 unspecified atom stereocenters. The molecule has 0 atom stereocenters. The van der Waals surface area contributed by atoms with E-state index in [1.165, 1.54) is 11.0 Å². The van der Waals surface area contributed by atoms with Gasteiger partial charge in [0.1, 0.15) is 6.54 Å². The molecule has 1 aromatic heterocycles. The zero-order chi connectivity index (χ0) is 19.9. The molecule has 3 rings (SSSR count). The Morgan fingerprint density at radius 3 is 2.54 bits per heavy atom. The molecule has 0 saturated heterocycles. The van der Waals surface area contributed by atoms with Crippen LogP contribution in [0.1, 0.15) is 24.1 Å². The van der Waals surface area contributed by atoms with Gasteiger partial charge in [0.25, 0.3) is 0 Å². The molecule has 2 aromatic rings. The van der Waals surface area contributed by atoms with Gasteiger partial charge in [0.15, 0.2) is 0 Å². The molecule has 1 aliphatic rings. The summed E-state index contributed by atoms with van der Waals surface area (Å²) in [7, 11) is 1.98. The summed E-state index contributed by atoms with van der Waals surface area (Å²) in [4.78, 5) is 29.1. The highest BCUT2D eigenvalue weighted by molar-refractivity contribution is 5.94. The summed E-state index contributed by atoms with van der Waals surface area (Å²) in [6, 6.07) is 13.9. The molecule has 0 bridgehead atoms. The molecule has 2 amide bonds. The summed E-state index contributed by atoms with van der Waals surface area (Å²) in [6.45, 7) is 4.70. The van der Waals surface area contributed by atoms with Gasteiger partial charge in [-0.25, -0.2) is 0 Å². The lowest BCUT2D eigenvalue weighted by Crippen LogP contribution is -2.43. The Morgan fingerprint density at radius 1 is 1.18 bits per heavy atom. The number of aromatic nitrogens is 1. The summed E-state index contributed by atoms with van der Waals surface area (Å²) in [5.41, 5.74) is 2.04.